The first kappa shape index (κ1) is 17.5. The molecule has 1 fully saturated rings. The summed E-state index contributed by atoms with van der Waals surface area (Å²) in [6, 6.07) is -0.0655. The second kappa shape index (κ2) is 9.38. The third kappa shape index (κ3) is 7.28. The number of nitrogens with one attached hydrogen (secondary N) is 1. The van der Waals surface area contributed by atoms with Crippen LogP contribution in [0, 0.1) is 11.8 Å². The number of rotatable bonds is 8. The second-order valence-corrected chi connectivity index (χ2v) is 7.08. The van der Waals surface area contributed by atoms with Crippen molar-refractivity contribution in [1.29, 1.82) is 0 Å². The van der Waals surface area contributed by atoms with E-state index in [4.69, 9.17) is 5.73 Å². The molecule has 0 spiro atoms. The monoisotopic (exact) mass is 282 g/mol. The van der Waals surface area contributed by atoms with Crippen LogP contribution >= 0.6 is 0 Å². The fourth-order valence-corrected chi connectivity index (χ4v) is 3.14. The van der Waals surface area contributed by atoms with Crippen molar-refractivity contribution >= 4 is 5.91 Å². The summed E-state index contributed by atoms with van der Waals surface area (Å²) >= 11 is 0. The molecule has 3 N–H and O–H groups in total. The van der Waals surface area contributed by atoms with Gasteiger partial charge in [0.15, 0.2) is 0 Å². The van der Waals surface area contributed by atoms with Crippen LogP contribution in [-0.2, 0) is 4.79 Å². The Labute approximate surface area is 125 Å². The fourth-order valence-electron chi connectivity index (χ4n) is 3.14. The first-order chi connectivity index (χ1) is 9.49. The van der Waals surface area contributed by atoms with Crippen LogP contribution in [0.4, 0.5) is 0 Å². The fraction of sp³-hybridized carbons (Fsp3) is 0.941. The topological polar surface area (TPSA) is 55.1 Å². The summed E-state index contributed by atoms with van der Waals surface area (Å²) in [4.78, 5) is 12.1. The quantitative estimate of drug-likeness (QED) is 0.714. The maximum absolute atomic E-state index is 12.1. The minimum Gasteiger partial charge on any atom is -0.352 e. The molecule has 0 aliphatic heterocycles. The first-order valence-electron chi connectivity index (χ1n) is 8.55. The summed E-state index contributed by atoms with van der Waals surface area (Å²) in [5.74, 6) is 1.46. The van der Waals surface area contributed by atoms with Crippen LogP contribution in [0.3, 0.4) is 0 Å². The molecule has 0 bridgehead atoms. The summed E-state index contributed by atoms with van der Waals surface area (Å²) in [5, 5.41) is 3.08. The van der Waals surface area contributed by atoms with E-state index in [9.17, 15) is 4.79 Å². The minimum atomic E-state index is -0.314. The molecule has 0 aromatic heterocycles. The molecule has 0 saturated heterocycles. The first-order valence-corrected chi connectivity index (χ1v) is 8.55. The molecule has 1 aliphatic carbocycles. The predicted molar refractivity (Wildman–Crippen MR) is 85.5 cm³/mol. The lowest BCUT2D eigenvalue weighted by Gasteiger charge is -2.25. The van der Waals surface area contributed by atoms with Gasteiger partial charge >= 0.3 is 0 Å². The van der Waals surface area contributed by atoms with Crippen LogP contribution in [-0.4, -0.2) is 18.0 Å². The van der Waals surface area contributed by atoms with Gasteiger partial charge < -0.3 is 11.1 Å². The van der Waals surface area contributed by atoms with Gasteiger partial charge in [-0.15, -0.1) is 0 Å². The highest BCUT2D eigenvalue weighted by atomic mass is 16.2. The van der Waals surface area contributed by atoms with Crippen LogP contribution < -0.4 is 11.1 Å². The molecule has 0 radical (unpaired) electrons. The number of amides is 1. The van der Waals surface area contributed by atoms with Crippen molar-refractivity contribution < 1.29 is 4.79 Å². The average Bonchev–Trinajstić information content (AvgIpc) is 2.39. The highest BCUT2D eigenvalue weighted by Gasteiger charge is 2.22. The van der Waals surface area contributed by atoms with Crippen LogP contribution in [0.1, 0.15) is 78.6 Å². The molecular weight excluding hydrogens is 248 g/mol. The van der Waals surface area contributed by atoms with Crippen molar-refractivity contribution in [2.75, 3.05) is 0 Å². The van der Waals surface area contributed by atoms with E-state index in [1.165, 1.54) is 44.9 Å². The third-order valence-electron chi connectivity index (χ3n) is 4.46. The lowest BCUT2D eigenvalue weighted by atomic mass is 9.85. The zero-order chi connectivity index (χ0) is 15.0. The predicted octanol–water partition coefficient (Wildman–Crippen LogP) is 3.62. The molecule has 2 atom stereocenters. The Hall–Kier alpha value is -0.570. The summed E-state index contributed by atoms with van der Waals surface area (Å²) in [5.41, 5.74) is 6.06. The van der Waals surface area contributed by atoms with Gasteiger partial charge in [0.25, 0.3) is 0 Å². The zero-order valence-corrected chi connectivity index (χ0v) is 13.7. The van der Waals surface area contributed by atoms with Gasteiger partial charge in [0, 0.05) is 6.04 Å². The largest absolute Gasteiger partial charge is 0.352 e. The summed E-state index contributed by atoms with van der Waals surface area (Å²) in [6.07, 6.45) is 10.8. The van der Waals surface area contributed by atoms with E-state index in [2.05, 4.69) is 26.1 Å². The third-order valence-corrected chi connectivity index (χ3v) is 4.46. The molecule has 0 aromatic carbocycles. The lowest BCUT2D eigenvalue weighted by Crippen LogP contribution is -2.45. The molecule has 1 aliphatic rings. The van der Waals surface area contributed by atoms with Crippen LogP contribution in [0.15, 0.2) is 0 Å². The summed E-state index contributed by atoms with van der Waals surface area (Å²) < 4.78 is 0. The van der Waals surface area contributed by atoms with E-state index in [1.54, 1.807) is 0 Å². The van der Waals surface area contributed by atoms with Crippen molar-refractivity contribution in [3.8, 4) is 0 Å². The van der Waals surface area contributed by atoms with Gasteiger partial charge in [0.05, 0.1) is 6.04 Å². The molecule has 3 nitrogen and oxygen atoms in total. The normalized spacial score (nSPS) is 19.9. The van der Waals surface area contributed by atoms with E-state index < -0.39 is 0 Å². The summed E-state index contributed by atoms with van der Waals surface area (Å²) in [6.45, 7) is 6.57. The highest BCUT2D eigenvalue weighted by molar-refractivity contribution is 5.81. The molecule has 1 unspecified atom stereocenters. The van der Waals surface area contributed by atoms with Gasteiger partial charge in [-0.25, -0.2) is 0 Å². The van der Waals surface area contributed by atoms with Crippen LogP contribution in [0.5, 0.6) is 0 Å². The second-order valence-electron chi connectivity index (χ2n) is 7.08. The molecular formula is C17H34N2O. The van der Waals surface area contributed by atoms with Gasteiger partial charge in [-0.1, -0.05) is 58.8 Å². The van der Waals surface area contributed by atoms with E-state index in [-0.39, 0.29) is 18.0 Å². The van der Waals surface area contributed by atoms with Crippen molar-refractivity contribution in [3.05, 3.63) is 0 Å². The standard InChI is InChI=1S/C17H34N2O/c1-13(2)8-7-9-14(3)19-17(20)16(18)12-15-10-5-4-6-11-15/h13-16H,4-12,18H2,1-3H3,(H,19,20)/t14?,16-/m1/s1. The van der Waals surface area contributed by atoms with Crippen LogP contribution in [0.25, 0.3) is 0 Å². The Morgan fingerprint density at radius 1 is 1.15 bits per heavy atom. The van der Waals surface area contributed by atoms with Gasteiger partial charge in [-0.2, -0.15) is 0 Å². The molecule has 1 amide bonds. The molecule has 0 aromatic rings. The summed E-state index contributed by atoms with van der Waals surface area (Å²) in [7, 11) is 0. The van der Waals surface area contributed by atoms with Crippen molar-refractivity contribution in [2.45, 2.75) is 90.6 Å². The molecule has 1 rings (SSSR count). The van der Waals surface area contributed by atoms with E-state index in [0.29, 0.717) is 5.92 Å². The Morgan fingerprint density at radius 3 is 2.40 bits per heavy atom. The lowest BCUT2D eigenvalue weighted by molar-refractivity contribution is -0.123. The Morgan fingerprint density at radius 2 is 1.80 bits per heavy atom. The number of hydrogen-bond donors (Lipinski definition) is 2. The molecule has 1 saturated carbocycles. The highest BCUT2D eigenvalue weighted by Crippen LogP contribution is 2.26. The van der Waals surface area contributed by atoms with E-state index in [1.807, 2.05) is 0 Å². The van der Waals surface area contributed by atoms with Gasteiger partial charge in [-0.3, -0.25) is 4.79 Å². The van der Waals surface area contributed by atoms with Crippen LogP contribution in [0.2, 0.25) is 0 Å². The Kier molecular flexibility index (Phi) is 8.20. The number of nitrogens with two attached hydrogens (primary N) is 1. The van der Waals surface area contributed by atoms with E-state index in [0.717, 1.165) is 18.8 Å². The number of hydrogen-bond acceptors (Lipinski definition) is 2. The smallest absolute Gasteiger partial charge is 0.237 e. The average molecular weight is 282 g/mol. The van der Waals surface area contributed by atoms with Gasteiger partial charge in [0.1, 0.15) is 0 Å². The Balaban J connectivity index is 2.19. The van der Waals surface area contributed by atoms with Crippen molar-refractivity contribution in [2.24, 2.45) is 17.6 Å². The van der Waals surface area contributed by atoms with Crippen molar-refractivity contribution in [1.82, 2.24) is 5.32 Å². The van der Waals surface area contributed by atoms with Gasteiger partial charge in [-0.05, 0) is 31.6 Å². The molecule has 118 valence electrons. The van der Waals surface area contributed by atoms with E-state index >= 15 is 0 Å². The molecule has 3 heteroatoms. The SMILES string of the molecule is CC(C)CCCC(C)NC(=O)[C@H](N)CC1CCCCC1. The minimum absolute atomic E-state index is 0.0487. The number of carbonyl (C=O) groups is 1. The molecule has 20 heavy (non-hydrogen) atoms. The zero-order valence-electron chi connectivity index (χ0n) is 13.7. The maximum atomic E-state index is 12.1. The Bertz CT molecular complexity index is 272. The van der Waals surface area contributed by atoms with Gasteiger partial charge in [0.2, 0.25) is 5.91 Å². The number of carbonyl (C=O) groups excluding carboxylic acids is 1. The molecule has 0 heterocycles. The van der Waals surface area contributed by atoms with Crippen molar-refractivity contribution in [3.63, 3.8) is 0 Å². The maximum Gasteiger partial charge on any atom is 0.237 e.